The average molecular weight is 291 g/mol. The minimum atomic E-state index is -0.422. The summed E-state index contributed by atoms with van der Waals surface area (Å²) in [6, 6.07) is 12.3. The van der Waals surface area contributed by atoms with Gasteiger partial charge in [0.05, 0.1) is 34.3 Å². The predicted molar refractivity (Wildman–Crippen MR) is 81.5 cm³/mol. The fourth-order valence-electron chi connectivity index (χ4n) is 1.79. The number of carbonyl (C=O) groups is 1. The Balaban J connectivity index is 2.40. The molecule has 0 aromatic heterocycles. The molecule has 2 aromatic carbocycles. The number of esters is 1. The number of ether oxygens (including phenoxy) is 1. The Morgan fingerprint density at radius 1 is 1.25 bits per heavy atom. The zero-order chi connectivity index (χ0) is 14.5. The van der Waals surface area contributed by atoms with Gasteiger partial charge in [-0.15, -0.1) is 0 Å². The molecule has 0 fully saturated rings. The Hall–Kier alpha value is -2.20. The second kappa shape index (κ2) is 6.30. The van der Waals surface area contributed by atoms with Crippen molar-refractivity contribution < 1.29 is 9.53 Å². The van der Waals surface area contributed by atoms with Crippen molar-refractivity contribution in [2.24, 2.45) is 0 Å². The van der Waals surface area contributed by atoms with E-state index >= 15 is 0 Å². The van der Waals surface area contributed by atoms with Gasteiger partial charge in [0.15, 0.2) is 0 Å². The van der Waals surface area contributed by atoms with Crippen LogP contribution in [0.4, 0.5) is 17.1 Å². The summed E-state index contributed by atoms with van der Waals surface area (Å²) in [5.74, 6) is -0.422. The first-order valence-electron chi connectivity index (χ1n) is 6.20. The molecule has 3 N–H and O–H groups in total. The van der Waals surface area contributed by atoms with Crippen molar-refractivity contribution in [2.75, 3.05) is 17.7 Å². The van der Waals surface area contributed by atoms with E-state index in [9.17, 15) is 4.79 Å². The highest BCUT2D eigenvalue weighted by atomic mass is 35.5. The molecule has 0 bridgehead atoms. The average Bonchev–Trinajstić information content (AvgIpc) is 2.43. The second-order valence-electron chi connectivity index (χ2n) is 4.10. The largest absolute Gasteiger partial charge is 0.462 e. The quantitative estimate of drug-likeness (QED) is 0.663. The van der Waals surface area contributed by atoms with Crippen LogP contribution in [0.25, 0.3) is 0 Å². The van der Waals surface area contributed by atoms with Crippen molar-refractivity contribution in [3.63, 3.8) is 0 Å². The number of carbonyl (C=O) groups excluding carboxylic acids is 1. The number of hydrogen-bond donors (Lipinski definition) is 2. The number of para-hydroxylation sites is 2. The van der Waals surface area contributed by atoms with Crippen LogP contribution in [0.2, 0.25) is 5.02 Å². The summed E-state index contributed by atoms with van der Waals surface area (Å²) in [5.41, 5.74) is 7.95. The number of halogens is 1. The minimum Gasteiger partial charge on any atom is -0.462 e. The van der Waals surface area contributed by atoms with Crippen LogP contribution in [0.1, 0.15) is 17.3 Å². The lowest BCUT2D eigenvalue weighted by molar-refractivity contribution is 0.0527. The Kier molecular flexibility index (Phi) is 4.48. The van der Waals surface area contributed by atoms with Crippen LogP contribution in [-0.2, 0) is 4.74 Å². The lowest BCUT2D eigenvalue weighted by Crippen LogP contribution is -2.09. The van der Waals surface area contributed by atoms with Gasteiger partial charge >= 0.3 is 5.97 Å². The molecule has 0 spiro atoms. The highest BCUT2D eigenvalue weighted by Gasteiger charge is 2.15. The van der Waals surface area contributed by atoms with E-state index in [1.807, 2.05) is 18.2 Å². The Bertz CT molecular complexity index is 629. The van der Waals surface area contributed by atoms with Crippen LogP contribution >= 0.6 is 11.6 Å². The van der Waals surface area contributed by atoms with Crippen LogP contribution in [-0.4, -0.2) is 12.6 Å². The lowest BCUT2D eigenvalue weighted by Gasteiger charge is -2.14. The molecule has 0 aliphatic rings. The van der Waals surface area contributed by atoms with Crippen LogP contribution in [0.15, 0.2) is 42.5 Å². The summed E-state index contributed by atoms with van der Waals surface area (Å²) >= 11 is 6.10. The molecular weight excluding hydrogens is 276 g/mol. The molecule has 5 heteroatoms. The molecule has 0 saturated carbocycles. The summed E-state index contributed by atoms with van der Waals surface area (Å²) in [5, 5.41) is 3.64. The van der Waals surface area contributed by atoms with E-state index in [0.29, 0.717) is 34.3 Å². The normalized spacial score (nSPS) is 10.1. The maximum atomic E-state index is 11.9. The van der Waals surface area contributed by atoms with Gasteiger partial charge in [-0.2, -0.15) is 0 Å². The van der Waals surface area contributed by atoms with Gasteiger partial charge in [-0.25, -0.2) is 4.79 Å². The zero-order valence-electron chi connectivity index (χ0n) is 11.0. The molecule has 4 nitrogen and oxygen atoms in total. The third-order valence-corrected chi connectivity index (χ3v) is 3.06. The van der Waals surface area contributed by atoms with Gasteiger partial charge in [0.1, 0.15) is 0 Å². The monoisotopic (exact) mass is 290 g/mol. The third-order valence-electron chi connectivity index (χ3n) is 2.73. The number of nitrogens with one attached hydrogen (secondary N) is 1. The van der Waals surface area contributed by atoms with Crippen molar-refractivity contribution in [2.45, 2.75) is 6.92 Å². The summed E-state index contributed by atoms with van der Waals surface area (Å²) in [6.07, 6.45) is 0. The molecule has 0 saturated heterocycles. The molecule has 0 heterocycles. The molecule has 0 atom stereocenters. The van der Waals surface area contributed by atoms with E-state index < -0.39 is 5.97 Å². The highest BCUT2D eigenvalue weighted by Crippen LogP contribution is 2.31. The fourth-order valence-corrected chi connectivity index (χ4v) is 1.97. The first-order chi connectivity index (χ1) is 9.63. The fraction of sp³-hybridized carbons (Fsp3) is 0.133. The molecule has 0 unspecified atom stereocenters. The van der Waals surface area contributed by atoms with Gasteiger partial charge in [0, 0.05) is 0 Å². The highest BCUT2D eigenvalue weighted by molar-refractivity contribution is 6.33. The van der Waals surface area contributed by atoms with Crippen molar-refractivity contribution in [3.05, 3.63) is 53.1 Å². The molecular formula is C15H15ClN2O2. The summed E-state index contributed by atoms with van der Waals surface area (Å²) in [7, 11) is 0. The molecule has 0 aliphatic heterocycles. The zero-order valence-corrected chi connectivity index (χ0v) is 11.8. The van der Waals surface area contributed by atoms with Gasteiger partial charge in [0.25, 0.3) is 0 Å². The number of rotatable bonds is 4. The molecule has 0 radical (unpaired) electrons. The summed E-state index contributed by atoms with van der Waals surface area (Å²) < 4.78 is 5.02. The van der Waals surface area contributed by atoms with Crippen LogP contribution in [0.5, 0.6) is 0 Å². The number of hydrogen-bond acceptors (Lipinski definition) is 4. The van der Waals surface area contributed by atoms with Crippen LogP contribution in [0, 0.1) is 0 Å². The van der Waals surface area contributed by atoms with Crippen LogP contribution in [0.3, 0.4) is 0 Å². The van der Waals surface area contributed by atoms with E-state index in [-0.39, 0.29) is 0 Å². The van der Waals surface area contributed by atoms with Crippen molar-refractivity contribution in [1.29, 1.82) is 0 Å². The van der Waals surface area contributed by atoms with Crippen molar-refractivity contribution in [3.8, 4) is 0 Å². The number of nitrogens with two attached hydrogens (primary N) is 1. The number of benzene rings is 2. The Morgan fingerprint density at radius 2 is 2.00 bits per heavy atom. The number of nitrogen functional groups attached to an aromatic ring is 1. The van der Waals surface area contributed by atoms with Gasteiger partial charge in [0.2, 0.25) is 0 Å². The van der Waals surface area contributed by atoms with E-state index in [4.69, 9.17) is 22.1 Å². The maximum Gasteiger partial charge on any atom is 0.340 e. The van der Waals surface area contributed by atoms with Gasteiger partial charge in [-0.3, -0.25) is 0 Å². The van der Waals surface area contributed by atoms with Crippen molar-refractivity contribution in [1.82, 2.24) is 0 Å². The Morgan fingerprint density at radius 3 is 2.70 bits per heavy atom. The van der Waals surface area contributed by atoms with E-state index in [1.165, 1.54) is 0 Å². The topological polar surface area (TPSA) is 64.3 Å². The minimum absolute atomic E-state index is 0.305. The molecule has 2 rings (SSSR count). The van der Waals surface area contributed by atoms with E-state index in [1.54, 1.807) is 31.2 Å². The van der Waals surface area contributed by atoms with Crippen LogP contribution < -0.4 is 11.1 Å². The third kappa shape index (κ3) is 3.03. The van der Waals surface area contributed by atoms with Gasteiger partial charge in [-0.1, -0.05) is 29.8 Å². The van der Waals surface area contributed by atoms with E-state index in [2.05, 4.69) is 5.32 Å². The van der Waals surface area contributed by atoms with Gasteiger partial charge in [-0.05, 0) is 31.2 Å². The molecule has 2 aromatic rings. The standard InChI is InChI=1S/C15H15ClN2O2/c1-2-20-15(19)10-6-5-8-12(17)14(10)18-13-9-4-3-7-11(13)16/h3-9,18H,2,17H2,1H3. The second-order valence-corrected chi connectivity index (χ2v) is 4.50. The maximum absolute atomic E-state index is 11.9. The smallest absolute Gasteiger partial charge is 0.340 e. The first-order valence-corrected chi connectivity index (χ1v) is 6.58. The molecule has 0 amide bonds. The lowest BCUT2D eigenvalue weighted by atomic mass is 10.1. The Labute approximate surface area is 122 Å². The van der Waals surface area contributed by atoms with E-state index in [0.717, 1.165) is 0 Å². The predicted octanol–water partition coefficient (Wildman–Crippen LogP) is 3.84. The SMILES string of the molecule is CCOC(=O)c1cccc(N)c1Nc1ccccc1Cl. The summed E-state index contributed by atoms with van der Waals surface area (Å²) in [4.78, 5) is 11.9. The van der Waals surface area contributed by atoms with Gasteiger partial charge < -0.3 is 15.8 Å². The molecule has 104 valence electrons. The number of anilines is 3. The molecule has 0 aliphatic carbocycles. The summed E-state index contributed by atoms with van der Waals surface area (Å²) in [6.45, 7) is 2.06. The van der Waals surface area contributed by atoms with Crippen molar-refractivity contribution >= 4 is 34.6 Å². The molecule has 20 heavy (non-hydrogen) atoms. The first kappa shape index (κ1) is 14.2.